The SMILES string of the molecule is Cc1noc(C)c1CNC(=O)c1ccc(Br)cc1S. The van der Waals surface area contributed by atoms with E-state index in [4.69, 9.17) is 4.52 Å². The molecule has 0 fully saturated rings. The first-order valence-electron chi connectivity index (χ1n) is 5.67. The lowest BCUT2D eigenvalue weighted by molar-refractivity contribution is 0.0948. The quantitative estimate of drug-likeness (QED) is 0.843. The van der Waals surface area contributed by atoms with E-state index in [1.807, 2.05) is 19.9 Å². The van der Waals surface area contributed by atoms with Crippen LogP contribution in [-0.2, 0) is 6.54 Å². The van der Waals surface area contributed by atoms with Crippen LogP contribution >= 0.6 is 28.6 Å². The molecule has 0 spiro atoms. The lowest BCUT2D eigenvalue weighted by atomic mass is 10.2. The van der Waals surface area contributed by atoms with E-state index in [0.717, 1.165) is 21.5 Å². The lowest BCUT2D eigenvalue weighted by Crippen LogP contribution is -2.23. The maximum Gasteiger partial charge on any atom is 0.252 e. The molecule has 1 aromatic heterocycles. The molecule has 2 aromatic rings. The first-order chi connectivity index (χ1) is 8.99. The number of nitrogens with one attached hydrogen (secondary N) is 1. The van der Waals surface area contributed by atoms with E-state index >= 15 is 0 Å². The van der Waals surface area contributed by atoms with Gasteiger partial charge < -0.3 is 9.84 Å². The molecule has 0 atom stereocenters. The summed E-state index contributed by atoms with van der Waals surface area (Å²) in [4.78, 5) is 12.7. The summed E-state index contributed by atoms with van der Waals surface area (Å²) in [6.45, 7) is 4.07. The van der Waals surface area contributed by atoms with Gasteiger partial charge in [0, 0.05) is 21.5 Å². The fraction of sp³-hybridized carbons (Fsp3) is 0.231. The van der Waals surface area contributed by atoms with Gasteiger partial charge in [-0.25, -0.2) is 0 Å². The molecule has 1 N–H and O–H groups in total. The van der Waals surface area contributed by atoms with Crippen LogP contribution in [0.2, 0.25) is 0 Å². The molecule has 0 saturated heterocycles. The molecule has 6 heteroatoms. The van der Waals surface area contributed by atoms with Crippen LogP contribution in [0.3, 0.4) is 0 Å². The summed E-state index contributed by atoms with van der Waals surface area (Å²) in [6, 6.07) is 5.33. The summed E-state index contributed by atoms with van der Waals surface area (Å²) < 4.78 is 5.94. The van der Waals surface area contributed by atoms with Crippen LogP contribution < -0.4 is 5.32 Å². The Balaban J connectivity index is 2.10. The molecule has 0 bridgehead atoms. The highest BCUT2D eigenvalue weighted by Gasteiger charge is 2.13. The average molecular weight is 341 g/mol. The largest absolute Gasteiger partial charge is 0.361 e. The van der Waals surface area contributed by atoms with E-state index < -0.39 is 0 Å². The maximum absolute atomic E-state index is 12.1. The maximum atomic E-state index is 12.1. The van der Waals surface area contributed by atoms with Gasteiger partial charge in [-0.2, -0.15) is 0 Å². The smallest absolute Gasteiger partial charge is 0.252 e. The molecule has 100 valence electrons. The van der Waals surface area contributed by atoms with Crippen LogP contribution in [0, 0.1) is 13.8 Å². The van der Waals surface area contributed by atoms with Crippen molar-refractivity contribution in [1.29, 1.82) is 0 Å². The van der Waals surface area contributed by atoms with Crippen molar-refractivity contribution in [2.45, 2.75) is 25.3 Å². The third-order valence-electron chi connectivity index (χ3n) is 2.81. The minimum absolute atomic E-state index is 0.169. The average Bonchev–Trinajstić information content (AvgIpc) is 2.66. The Hall–Kier alpha value is -1.27. The van der Waals surface area contributed by atoms with Gasteiger partial charge >= 0.3 is 0 Å². The number of benzene rings is 1. The zero-order valence-electron chi connectivity index (χ0n) is 10.5. The molecule has 1 amide bonds. The number of thiol groups is 1. The molecular formula is C13H13BrN2O2S. The number of hydrogen-bond acceptors (Lipinski definition) is 4. The summed E-state index contributed by atoms with van der Waals surface area (Å²) in [5.74, 6) is 0.553. The zero-order valence-corrected chi connectivity index (χ0v) is 13.0. The molecule has 0 unspecified atom stereocenters. The zero-order chi connectivity index (χ0) is 14.0. The monoisotopic (exact) mass is 340 g/mol. The second-order valence-corrected chi connectivity index (χ2v) is 5.54. The van der Waals surface area contributed by atoms with Crippen molar-refractivity contribution in [1.82, 2.24) is 10.5 Å². The van der Waals surface area contributed by atoms with Gasteiger partial charge in [-0.1, -0.05) is 21.1 Å². The Morgan fingerprint density at radius 2 is 2.21 bits per heavy atom. The number of halogens is 1. The van der Waals surface area contributed by atoms with Gasteiger partial charge in [-0.05, 0) is 32.0 Å². The van der Waals surface area contributed by atoms with Gasteiger partial charge in [0.2, 0.25) is 0 Å². The second kappa shape index (κ2) is 5.79. The molecule has 4 nitrogen and oxygen atoms in total. The van der Waals surface area contributed by atoms with Crippen LogP contribution in [0.4, 0.5) is 0 Å². The van der Waals surface area contributed by atoms with E-state index in [9.17, 15) is 4.79 Å². The molecule has 0 aliphatic heterocycles. The van der Waals surface area contributed by atoms with E-state index in [1.165, 1.54) is 0 Å². The Morgan fingerprint density at radius 1 is 1.47 bits per heavy atom. The van der Waals surface area contributed by atoms with Gasteiger partial charge in [-0.3, -0.25) is 4.79 Å². The van der Waals surface area contributed by atoms with Crippen LogP contribution in [-0.4, -0.2) is 11.1 Å². The molecule has 2 rings (SSSR count). The molecule has 1 aromatic carbocycles. The second-order valence-electron chi connectivity index (χ2n) is 4.15. The number of carbonyl (C=O) groups excluding carboxylic acids is 1. The lowest BCUT2D eigenvalue weighted by Gasteiger charge is -2.07. The molecule has 1 heterocycles. The van der Waals surface area contributed by atoms with Crippen molar-refractivity contribution in [2.24, 2.45) is 0 Å². The number of amides is 1. The van der Waals surface area contributed by atoms with Crippen molar-refractivity contribution in [3.8, 4) is 0 Å². The van der Waals surface area contributed by atoms with Crippen molar-refractivity contribution < 1.29 is 9.32 Å². The van der Waals surface area contributed by atoms with Crippen molar-refractivity contribution in [3.63, 3.8) is 0 Å². The predicted octanol–water partition coefficient (Wildman–Crippen LogP) is 3.27. The van der Waals surface area contributed by atoms with Gasteiger partial charge in [0.05, 0.1) is 11.3 Å². The van der Waals surface area contributed by atoms with E-state index in [1.54, 1.807) is 12.1 Å². The fourth-order valence-corrected chi connectivity index (χ4v) is 2.57. The summed E-state index contributed by atoms with van der Waals surface area (Å²) in [6.07, 6.45) is 0. The highest BCUT2D eigenvalue weighted by atomic mass is 79.9. The minimum Gasteiger partial charge on any atom is -0.361 e. The van der Waals surface area contributed by atoms with E-state index in [0.29, 0.717) is 17.0 Å². The summed E-state index contributed by atoms with van der Waals surface area (Å²) in [7, 11) is 0. The number of aromatic nitrogens is 1. The predicted molar refractivity (Wildman–Crippen MR) is 78.5 cm³/mol. The molecular weight excluding hydrogens is 328 g/mol. The first kappa shape index (κ1) is 14.1. The van der Waals surface area contributed by atoms with Crippen molar-refractivity contribution in [2.75, 3.05) is 0 Å². The Morgan fingerprint density at radius 3 is 2.79 bits per heavy atom. The Kier molecular flexibility index (Phi) is 4.31. The summed E-state index contributed by atoms with van der Waals surface area (Å²) >= 11 is 7.63. The molecule has 0 saturated carbocycles. The first-order valence-corrected chi connectivity index (χ1v) is 6.91. The Labute approximate surface area is 125 Å². The third-order valence-corrected chi connectivity index (χ3v) is 3.67. The number of carbonyl (C=O) groups is 1. The summed E-state index contributed by atoms with van der Waals surface area (Å²) in [5.41, 5.74) is 2.24. The highest BCUT2D eigenvalue weighted by Crippen LogP contribution is 2.20. The fourth-order valence-electron chi connectivity index (χ4n) is 1.71. The van der Waals surface area contributed by atoms with Crippen LogP contribution in [0.1, 0.15) is 27.4 Å². The van der Waals surface area contributed by atoms with Crippen molar-refractivity contribution >= 4 is 34.5 Å². The minimum atomic E-state index is -0.169. The molecule has 0 aliphatic carbocycles. The van der Waals surface area contributed by atoms with E-state index in [2.05, 4.69) is 39.0 Å². The highest BCUT2D eigenvalue weighted by molar-refractivity contribution is 9.10. The van der Waals surface area contributed by atoms with Crippen LogP contribution in [0.5, 0.6) is 0 Å². The molecule has 19 heavy (non-hydrogen) atoms. The number of rotatable bonds is 3. The Bertz CT molecular complexity index is 606. The number of aryl methyl sites for hydroxylation is 2. The standard InChI is InChI=1S/C13H13BrN2O2S/c1-7-11(8(2)18-16-7)6-15-13(17)10-4-3-9(14)5-12(10)19/h3-5,19H,6H2,1-2H3,(H,15,17). The van der Waals surface area contributed by atoms with Gasteiger partial charge in [0.1, 0.15) is 5.76 Å². The third kappa shape index (κ3) is 3.19. The van der Waals surface area contributed by atoms with Gasteiger partial charge in [0.15, 0.2) is 0 Å². The topological polar surface area (TPSA) is 55.1 Å². The van der Waals surface area contributed by atoms with Crippen LogP contribution in [0.25, 0.3) is 0 Å². The van der Waals surface area contributed by atoms with E-state index in [-0.39, 0.29) is 5.91 Å². The number of hydrogen-bond donors (Lipinski definition) is 2. The van der Waals surface area contributed by atoms with Crippen LogP contribution in [0.15, 0.2) is 32.1 Å². The van der Waals surface area contributed by atoms with Crippen molar-refractivity contribution in [3.05, 3.63) is 45.3 Å². The van der Waals surface area contributed by atoms with Gasteiger partial charge in [0.25, 0.3) is 5.91 Å². The molecule has 0 radical (unpaired) electrons. The number of nitrogens with zero attached hydrogens (tertiary/aromatic N) is 1. The molecule has 0 aliphatic rings. The van der Waals surface area contributed by atoms with Gasteiger partial charge in [-0.15, -0.1) is 12.6 Å². The summed E-state index contributed by atoms with van der Waals surface area (Å²) in [5, 5.41) is 6.69. The normalized spacial score (nSPS) is 10.5.